The molecule has 3 amide bonds. The Morgan fingerprint density at radius 2 is 1.60 bits per heavy atom. The number of pyridine rings is 1. The van der Waals surface area contributed by atoms with E-state index in [2.05, 4.69) is 15.6 Å². The number of halogens is 5. The van der Waals surface area contributed by atoms with E-state index in [9.17, 15) is 35.6 Å². The molecule has 10 nitrogen and oxygen atoms in total. The van der Waals surface area contributed by atoms with E-state index in [4.69, 9.17) is 26.6 Å². The van der Waals surface area contributed by atoms with E-state index in [0.717, 1.165) is 12.1 Å². The van der Waals surface area contributed by atoms with Gasteiger partial charge in [-0.1, -0.05) is 29.8 Å². The van der Waals surface area contributed by atoms with Crippen LogP contribution < -0.4 is 21.1 Å². The molecule has 4 aromatic rings. The van der Waals surface area contributed by atoms with Crippen LogP contribution in [0.25, 0.3) is 0 Å². The third kappa shape index (κ3) is 9.15. The number of aromatic nitrogens is 1. The molecule has 220 valence electrons. The maximum atomic E-state index is 14.4. The van der Waals surface area contributed by atoms with Crippen molar-refractivity contribution in [2.75, 3.05) is 10.6 Å². The van der Waals surface area contributed by atoms with Gasteiger partial charge in [0.15, 0.2) is 0 Å². The first-order valence-electron chi connectivity index (χ1n) is 11.3. The topological polar surface area (TPSA) is 161 Å². The second-order valence-corrected chi connectivity index (χ2v) is 9.87. The molecule has 0 radical (unpaired) electrons. The minimum Gasteiger partial charge on any atom is -0.457 e. The lowest BCUT2D eigenvalue weighted by molar-refractivity contribution is -0.137. The molecule has 1 aromatic heterocycles. The van der Waals surface area contributed by atoms with Crippen molar-refractivity contribution in [3.63, 3.8) is 0 Å². The number of amides is 3. The lowest BCUT2D eigenvalue weighted by Gasteiger charge is -2.13. The lowest BCUT2D eigenvalue weighted by atomic mass is 10.2. The number of urea groups is 1. The monoisotopic (exact) mass is 626 g/mol. The van der Waals surface area contributed by atoms with Crippen molar-refractivity contribution in [3.05, 3.63) is 107 Å². The van der Waals surface area contributed by atoms with Gasteiger partial charge in [0.2, 0.25) is 0 Å². The molecule has 0 aliphatic carbocycles. The Labute approximate surface area is 240 Å². The van der Waals surface area contributed by atoms with Crippen LogP contribution in [0.15, 0.2) is 90.0 Å². The summed E-state index contributed by atoms with van der Waals surface area (Å²) in [6, 6.07) is 15.4. The number of nitrogens with one attached hydrogen (secondary N) is 2. The summed E-state index contributed by atoms with van der Waals surface area (Å²) < 4.78 is 87.8. The molecule has 0 fully saturated rings. The lowest BCUT2D eigenvalue weighted by Crippen LogP contribution is -2.20. The Morgan fingerprint density at radius 1 is 0.929 bits per heavy atom. The van der Waals surface area contributed by atoms with Crippen LogP contribution in [0.2, 0.25) is 5.02 Å². The number of benzene rings is 3. The van der Waals surface area contributed by atoms with Crippen LogP contribution in [0.4, 0.5) is 33.7 Å². The van der Waals surface area contributed by atoms with Crippen LogP contribution in [0.1, 0.15) is 16.1 Å². The van der Waals surface area contributed by atoms with Gasteiger partial charge in [0.05, 0.1) is 21.2 Å². The van der Waals surface area contributed by atoms with Crippen molar-refractivity contribution >= 4 is 45.0 Å². The highest BCUT2D eigenvalue weighted by molar-refractivity contribution is 7.85. The van der Waals surface area contributed by atoms with Crippen molar-refractivity contribution in [2.24, 2.45) is 5.73 Å². The molecule has 16 heteroatoms. The Balaban J connectivity index is 0.000000408. The van der Waals surface area contributed by atoms with E-state index in [1.807, 2.05) is 0 Å². The first-order chi connectivity index (χ1) is 19.6. The molecule has 0 aliphatic rings. The van der Waals surface area contributed by atoms with E-state index < -0.39 is 44.6 Å². The summed E-state index contributed by atoms with van der Waals surface area (Å²) in [7, 11) is -4.00. The van der Waals surface area contributed by atoms with Crippen molar-refractivity contribution in [2.45, 2.75) is 11.1 Å². The van der Waals surface area contributed by atoms with E-state index in [0.29, 0.717) is 6.07 Å². The first kappa shape index (κ1) is 31.8. The normalized spacial score (nSPS) is 11.1. The third-order valence-electron chi connectivity index (χ3n) is 4.98. The number of carbonyl (C=O) groups is 2. The van der Waals surface area contributed by atoms with Gasteiger partial charge in [0.25, 0.3) is 16.0 Å². The SMILES string of the molecule is NC(=O)c1cc(Oc2ccc(NC(=O)Nc3ccc(Cl)c(C(F)(F)F)c3)c(F)c2)ccn1.O=S(=O)(O)c1ccccc1. The van der Waals surface area contributed by atoms with Crippen LogP contribution in [-0.2, 0) is 16.3 Å². The van der Waals surface area contributed by atoms with E-state index in [1.54, 1.807) is 18.2 Å². The van der Waals surface area contributed by atoms with Gasteiger partial charge in [-0.3, -0.25) is 14.3 Å². The fourth-order valence-corrected chi connectivity index (χ4v) is 3.83. The second kappa shape index (κ2) is 13.3. The average molecular weight is 627 g/mol. The highest BCUT2D eigenvalue weighted by Crippen LogP contribution is 2.36. The fourth-order valence-electron chi connectivity index (χ4n) is 3.10. The molecular weight excluding hydrogens is 608 g/mol. The molecule has 0 bridgehead atoms. The number of nitrogens with zero attached hydrogens (tertiary/aromatic N) is 1. The number of primary amides is 1. The van der Waals surface area contributed by atoms with Crippen LogP contribution in [0.5, 0.6) is 11.5 Å². The molecule has 0 spiro atoms. The molecule has 42 heavy (non-hydrogen) atoms. The zero-order valence-electron chi connectivity index (χ0n) is 20.9. The summed E-state index contributed by atoms with van der Waals surface area (Å²) >= 11 is 5.53. The number of hydrogen-bond acceptors (Lipinski definition) is 6. The largest absolute Gasteiger partial charge is 0.457 e. The van der Waals surface area contributed by atoms with Crippen LogP contribution in [-0.4, -0.2) is 29.9 Å². The third-order valence-corrected chi connectivity index (χ3v) is 6.18. The molecule has 4 rings (SSSR count). The molecule has 0 atom stereocenters. The number of alkyl halides is 3. The number of anilines is 2. The number of rotatable bonds is 6. The number of carbonyl (C=O) groups excluding carboxylic acids is 2. The number of nitrogens with two attached hydrogens (primary N) is 1. The summed E-state index contributed by atoms with van der Waals surface area (Å²) in [5.74, 6) is -1.43. The molecule has 0 saturated carbocycles. The Morgan fingerprint density at radius 3 is 2.17 bits per heavy atom. The molecule has 0 unspecified atom stereocenters. The van der Waals surface area contributed by atoms with Crippen molar-refractivity contribution in [1.82, 2.24) is 4.98 Å². The maximum absolute atomic E-state index is 14.4. The smallest absolute Gasteiger partial charge is 0.417 e. The highest BCUT2D eigenvalue weighted by atomic mass is 35.5. The fraction of sp³-hybridized carbons (Fsp3) is 0.0385. The summed E-state index contributed by atoms with van der Waals surface area (Å²) in [5, 5.41) is 3.83. The number of hydrogen-bond donors (Lipinski definition) is 4. The molecule has 5 N–H and O–H groups in total. The van der Waals surface area contributed by atoms with Gasteiger partial charge in [-0.15, -0.1) is 0 Å². The summed E-state index contributed by atoms with van der Waals surface area (Å²) in [6.45, 7) is 0. The summed E-state index contributed by atoms with van der Waals surface area (Å²) in [5.41, 5.74) is 3.51. The average Bonchev–Trinajstić information content (AvgIpc) is 2.91. The van der Waals surface area contributed by atoms with Crippen LogP contribution >= 0.6 is 11.6 Å². The zero-order valence-corrected chi connectivity index (χ0v) is 22.5. The van der Waals surface area contributed by atoms with Gasteiger partial charge in [-0.05, 0) is 48.5 Å². The van der Waals surface area contributed by atoms with Gasteiger partial charge in [0, 0.05) is 24.0 Å². The molecule has 1 heterocycles. The van der Waals surface area contributed by atoms with E-state index >= 15 is 0 Å². The predicted molar refractivity (Wildman–Crippen MR) is 145 cm³/mol. The minimum absolute atomic E-state index is 0.0441. The van der Waals surface area contributed by atoms with E-state index in [1.165, 1.54) is 48.7 Å². The van der Waals surface area contributed by atoms with Crippen LogP contribution in [0, 0.1) is 5.82 Å². The highest BCUT2D eigenvalue weighted by Gasteiger charge is 2.33. The first-order valence-corrected chi connectivity index (χ1v) is 13.2. The zero-order chi connectivity index (χ0) is 31.1. The van der Waals surface area contributed by atoms with Crippen molar-refractivity contribution < 1.29 is 44.9 Å². The van der Waals surface area contributed by atoms with Crippen molar-refractivity contribution in [3.8, 4) is 11.5 Å². The molecule has 0 saturated heterocycles. The van der Waals surface area contributed by atoms with Crippen LogP contribution in [0.3, 0.4) is 0 Å². The second-order valence-electron chi connectivity index (χ2n) is 8.04. The van der Waals surface area contributed by atoms with Crippen molar-refractivity contribution in [1.29, 1.82) is 0 Å². The Kier molecular flexibility index (Phi) is 10.1. The molecule has 3 aromatic carbocycles. The number of ether oxygens (including phenoxy) is 1. The van der Waals surface area contributed by atoms with Gasteiger partial charge < -0.3 is 21.1 Å². The quantitative estimate of drug-likeness (QED) is 0.143. The maximum Gasteiger partial charge on any atom is 0.417 e. The van der Waals surface area contributed by atoms with Gasteiger partial charge in [-0.2, -0.15) is 21.6 Å². The molecule has 0 aliphatic heterocycles. The Hall–Kier alpha value is -4.73. The standard InChI is InChI=1S/C20H13ClF4N4O3.C6H6O3S/c21-14-3-1-10(7-13(14)20(23,24)25)28-19(31)29-16-4-2-11(8-15(16)22)32-12-5-6-27-17(9-12)18(26)30;7-10(8,9)6-4-2-1-3-5-6/h1-9H,(H2,26,30)(H2,28,29,31);1-5H,(H,7,8,9). The van der Waals surface area contributed by atoms with Gasteiger partial charge in [0.1, 0.15) is 23.0 Å². The van der Waals surface area contributed by atoms with Gasteiger partial charge in [-0.25, -0.2) is 9.18 Å². The Bertz CT molecular complexity index is 1710. The summed E-state index contributed by atoms with van der Waals surface area (Å²) in [6.07, 6.45) is -3.42. The van der Waals surface area contributed by atoms with Gasteiger partial charge >= 0.3 is 12.2 Å². The predicted octanol–water partition coefficient (Wildman–Crippen LogP) is 6.36. The summed E-state index contributed by atoms with van der Waals surface area (Å²) in [4.78, 5) is 26.9. The van der Waals surface area contributed by atoms with E-state index in [-0.39, 0.29) is 33.5 Å². The molecular formula is C26H19ClF4N4O6S. The minimum atomic E-state index is -4.71.